The minimum absolute atomic E-state index is 0.378. The maximum absolute atomic E-state index is 12.7. The molecule has 4 heteroatoms. The third-order valence-corrected chi connectivity index (χ3v) is 5.48. The maximum Gasteiger partial charge on any atom is 0.236 e. The van der Waals surface area contributed by atoms with E-state index in [0.717, 1.165) is 32.1 Å². The number of piperidine rings is 2. The Kier molecular flexibility index (Phi) is 5.17. The van der Waals surface area contributed by atoms with Crippen LogP contribution in [0.3, 0.4) is 0 Å². The van der Waals surface area contributed by atoms with E-state index < -0.39 is 0 Å². The number of hydrogen-bond acceptors (Lipinski definition) is 3. The molecule has 2 aliphatic heterocycles. The van der Waals surface area contributed by atoms with Gasteiger partial charge in [-0.3, -0.25) is 9.69 Å². The Morgan fingerprint density at radius 1 is 1.14 bits per heavy atom. The normalized spacial score (nSPS) is 28.1. The van der Waals surface area contributed by atoms with E-state index in [4.69, 9.17) is 0 Å². The predicted octanol–water partition coefficient (Wildman–Crippen LogP) is 1.85. The van der Waals surface area contributed by atoms with Crippen LogP contribution in [-0.2, 0) is 4.79 Å². The van der Waals surface area contributed by atoms with Gasteiger partial charge in [0.1, 0.15) is 0 Å². The standard InChI is InChI=1S/C17H31N3O/c1-14-4-2-3-11-20(14)17(21)13-19(16-5-6-16)12-15-7-9-18-10-8-15/h14-16,18H,2-13H2,1H3. The molecule has 1 saturated carbocycles. The lowest BCUT2D eigenvalue weighted by Gasteiger charge is -2.36. The maximum atomic E-state index is 12.7. The first-order valence-electron chi connectivity index (χ1n) is 8.98. The van der Waals surface area contributed by atoms with Gasteiger partial charge >= 0.3 is 0 Å². The molecule has 2 saturated heterocycles. The van der Waals surface area contributed by atoms with Crippen LogP contribution < -0.4 is 5.32 Å². The molecule has 3 fully saturated rings. The molecule has 1 aliphatic carbocycles. The van der Waals surface area contributed by atoms with Gasteiger partial charge in [0.2, 0.25) is 5.91 Å². The van der Waals surface area contributed by atoms with Gasteiger partial charge in [-0.25, -0.2) is 0 Å². The molecule has 4 nitrogen and oxygen atoms in total. The molecule has 1 atom stereocenters. The summed E-state index contributed by atoms with van der Waals surface area (Å²) >= 11 is 0. The first kappa shape index (κ1) is 15.3. The quantitative estimate of drug-likeness (QED) is 0.840. The smallest absolute Gasteiger partial charge is 0.236 e. The van der Waals surface area contributed by atoms with Crippen molar-refractivity contribution in [3.8, 4) is 0 Å². The van der Waals surface area contributed by atoms with Gasteiger partial charge in [-0.05, 0) is 70.9 Å². The van der Waals surface area contributed by atoms with Crippen LogP contribution in [0.1, 0.15) is 51.9 Å². The number of carbonyl (C=O) groups excluding carboxylic acids is 1. The number of nitrogens with one attached hydrogen (secondary N) is 1. The van der Waals surface area contributed by atoms with Crippen LogP contribution in [0, 0.1) is 5.92 Å². The topological polar surface area (TPSA) is 35.6 Å². The van der Waals surface area contributed by atoms with E-state index in [0.29, 0.717) is 24.5 Å². The van der Waals surface area contributed by atoms with Gasteiger partial charge in [0.15, 0.2) is 0 Å². The Morgan fingerprint density at radius 3 is 2.57 bits per heavy atom. The Morgan fingerprint density at radius 2 is 1.90 bits per heavy atom. The van der Waals surface area contributed by atoms with Crippen LogP contribution in [0.15, 0.2) is 0 Å². The third kappa shape index (κ3) is 4.19. The fraction of sp³-hybridized carbons (Fsp3) is 0.941. The molecular formula is C17H31N3O. The third-order valence-electron chi connectivity index (χ3n) is 5.48. The molecular weight excluding hydrogens is 262 g/mol. The molecule has 0 aromatic carbocycles. The van der Waals surface area contributed by atoms with Crippen molar-refractivity contribution in [2.75, 3.05) is 32.7 Å². The monoisotopic (exact) mass is 293 g/mol. The van der Waals surface area contributed by atoms with E-state index in [1.54, 1.807) is 0 Å². The molecule has 0 bridgehead atoms. The van der Waals surface area contributed by atoms with Gasteiger partial charge in [0.05, 0.1) is 6.54 Å². The molecule has 0 spiro atoms. The lowest BCUT2D eigenvalue weighted by molar-refractivity contribution is -0.136. The van der Waals surface area contributed by atoms with Gasteiger partial charge in [-0.15, -0.1) is 0 Å². The van der Waals surface area contributed by atoms with E-state index in [1.165, 1.54) is 44.9 Å². The minimum atomic E-state index is 0.378. The molecule has 3 aliphatic rings. The van der Waals surface area contributed by atoms with Crippen LogP contribution in [0.4, 0.5) is 0 Å². The zero-order valence-electron chi connectivity index (χ0n) is 13.5. The van der Waals surface area contributed by atoms with Crippen molar-refractivity contribution in [3.63, 3.8) is 0 Å². The Labute approximate surface area is 129 Å². The van der Waals surface area contributed by atoms with E-state index in [-0.39, 0.29) is 0 Å². The van der Waals surface area contributed by atoms with Crippen molar-refractivity contribution in [2.24, 2.45) is 5.92 Å². The Bertz CT molecular complexity index is 350. The van der Waals surface area contributed by atoms with Gasteiger partial charge < -0.3 is 10.2 Å². The molecule has 120 valence electrons. The first-order valence-corrected chi connectivity index (χ1v) is 8.98. The second-order valence-electron chi connectivity index (χ2n) is 7.29. The highest BCUT2D eigenvalue weighted by atomic mass is 16.2. The highest BCUT2D eigenvalue weighted by Gasteiger charge is 2.34. The van der Waals surface area contributed by atoms with Crippen LogP contribution >= 0.6 is 0 Å². The lowest BCUT2D eigenvalue weighted by atomic mass is 9.97. The van der Waals surface area contributed by atoms with Crippen LogP contribution in [0.25, 0.3) is 0 Å². The number of hydrogen-bond donors (Lipinski definition) is 1. The molecule has 1 N–H and O–H groups in total. The summed E-state index contributed by atoms with van der Waals surface area (Å²) in [6.45, 7) is 7.30. The Hall–Kier alpha value is -0.610. The molecule has 3 rings (SSSR count). The van der Waals surface area contributed by atoms with Crippen molar-refractivity contribution in [2.45, 2.75) is 64.0 Å². The molecule has 2 heterocycles. The van der Waals surface area contributed by atoms with Crippen molar-refractivity contribution >= 4 is 5.91 Å². The minimum Gasteiger partial charge on any atom is -0.339 e. The van der Waals surface area contributed by atoms with E-state index >= 15 is 0 Å². The average molecular weight is 293 g/mol. The van der Waals surface area contributed by atoms with Crippen molar-refractivity contribution in [3.05, 3.63) is 0 Å². The number of likely N-dealkylation sites (tertiary alicyclic amines) is 1. The lowest BCUT2D eigenvalue weighted by Crippen LogP contribution is -2.48. The second kappa shape index (κ2) is 7.10. The van der Waals surface area contributed by atoms with Crippen LogP contribution in [0.2, 0.25) is 0 Å². The average Bonchev–Trinajstić information content (AvgIpc) is 3.32. The van der Waals surface area contributed by atoms with Gasteiger partial charge in [-0.2, -0.15) is 0 Å². The second-order valence-corrected chi connectivity index (χ2v) is 7.29. The highest BCUT2D eigenvalue weighted by Crippen LogP contribution is 2.29. The van der Waals surface area contributed by atoms with E-state index in [2.05, 4.69) is 22.0 Å². The fourth-order valence-electron chi connectivity index (χ4n) is 3.91. The number of carbonyl (C=O) groups is 1. The van der Waals surface area contributed by atoms with E-state index in [1.807, 2.05) is 0 Å². The van der Waals surface area contributed by atoms with Crippen molar-refractivity contribution in [1.29, 1.82) is 0 Å². The van der Waals surface area contributed by atoms with E-state index in [9.17, 15) is 4.79 Å². The summed E-state index contributed by atoms with van der Waals surface area (Å²) in [5.74, 6) is 1.17. The highest BCUT2D eigenvalue weighted by molar-refractivity contribution is 5.78. The molecule has 0 radical (unpaired) electrons. The zero-order valence-corrected chi connectivity index (χ0v) is 13.5. The van der Waals surface area contributed by atoms with Crippen molar-refractivity contribution in [1.82, 2.24) is 15.1 Å². The van der Waals surface area contributed by atoms with Gasteiger partial charge in [0, 0.05) is 25.2 Å². The predicted molar refractivity (Wildman–Crippen MR) is 85.2 cm³/mol. The summed E-state index contributed by atoms with van der Waals surface area (Å²) in [6.07, 6.45) is 8.81. The zero-order chi connectivity index (χ0) is 14.7. The van der Waals surface area contributed by atoms with Crippen LogP contribution in [-0.4, -0.2) is 60.5 Å². The van der Waals surface area contributed by atoms with Crippen molar-refractivity contribution < 1.29 is 4.79 Å². The molecule has 1 unspecified atom stereocenters. The molecule has 0 aromatic rings. The largest absolute Gasteiger partial charge is 0.339 e. The summed E-state index contributed by atoms with van der Waals surface area (Å²) in [7, 11) is 0. The van der Waals surface area contributed by atoms with Gasteiger partial charge in [-0.1, -0.05) is 0 Å². The fourth-order valence-corrected chi connectivity index (χ4v) is 3.91. The summed E-state index contributed by atoms with van der Waals surface area (Å²) in [4.78, 5) is 17.3. The first-order chi connectivity index (χ1) is 10.2. The summed E-state index contributed by atoms with van der Waals surface area (Å²) < 4.78 is 0. The van der Waals surface area contributed by atoms with Gasteiger partial charge in [0.25, 0.3) is 0 Å². The molecule has 1 amide bonds. The summed E-state index contributed by atoms with van der Waals surface area (Å²) in [5.41, 5.74) is 0. The molecule has 0 aromatic heterocycles. The summed E-state index contributed by atoms with van der Waals surface area (Å²) in [5, 5.41) is 3.44. The SMILES string of the molecule is CC1CCCCN1C(=O)CN(CC1CCNCC1)C1CC1. The number of nitrogens with zero attached hydrogens (tertiary/aromatic N) is 2. The number of rotatable bonds is 5. The van der Waals surface area contributed by atoms with Crippen LogP contribution in [0.5, 0.6) is 0 Å². The molecule has 21 heavy (non-hydrogen) atoms. The Balaban J connectivity index is 1.53. The number of amides is 1. The summed E-state index contributed by atoms with van der Waals surface area (Å²) in [6, 6.07) is 1.15.